The van der Waals surface area contributed by atoms with Gasteiger partial charge in [0.1, 0.15) is 0 Å². The van der Waals surface area contributed by atoms with Crippen LogP contribution >= 0.6 is 22.9 Å². The van der Waals surface area contributed by atoms with Crippen LogP contribution in [0.4, 0.5) is 0 Å². The van der Waals surface area contributed by atoms with Crippen molar-refractivity contribution >= 4 is 53.9 Å². The molecule has 1 aliphatic rings. The Kier molecular flexibility index (Phi) is 2.37. The van der Waals surface area contributed by atoms with Crippen LogP contribution in [0.15, 0.2) is 66.7 Å². The molecule has 0 saturated carbocycles. The van der Waals surface area contributed by atoms with Gasteiger partial charge in [-0.3, -0.25) is 0 Å². The largest absolute Gasteiger partial charge is 0.134 e. The molecule has 1 heterocycles. The van der Waals surface area contributed by atoms with Crippen LogP contribution in [0, 0.1) is 0 Å². The Balaban J connectivity index is 2.08. The molecule has 24 heavy (non-hydrogen) atoms. The van der Waals surface area contributed by atoms with Crippen LogP contribution < -0.4 is 0 Å². The number of benzene rings is 4. The quantitative estimate of drug-likeness (QED) is 0.268. The lowest BCUT2D eigenvalue weighted by Gasteiger charge is -2.11. The van der Waals surface area contributed by atoms with Crippen LogP contribution in [0.5, 0.6) is 0 Å². The summed E-state index contributed by atoms with van der Waals surface area (Å²) in [5.74, 6) is 0. The van der Waals surface area contributed by atoms with Crippen molar-refractivity contribution < 1.29 is 0 Å². The zero-order chi connectivity index (χ0) is 15.8. The van der Waals surface area contributed by atoms with Gasteiger partial charge in [-0.15, -0.1) is 11.3 Å². The third-order valence-electron chi connectivity index (χ3n) is 5.07. The summed E-state index contributed by atoms with van der Waals surface area (Å²) in [6.07, 6.45) is 0. The molecule has 1 aromatic heterocycles. The maximum Gasteiger partial charge on any atom is 0.0591 e. The molecule has 5 aromatic rings. The molecule has 112 valence electrons. The number of thiophene rings is 1. The summed E-state index contributed by atoms with van der Waals surface area (Å²) in [5, 5.41) is 6.08. The first-order valence-electron chi connectivity index (χ1n) is 7.99. The Bertz CT molecular complexity index is 1300. The van der Waals surface area contributed by atoms with E-state index >= 15 is 0 Å². The molecule has 0 N–H and O–H groups in total. The van der Waals surface area contributed by atoms with Gasteiger partial charge in [0.25, 0.3) is 0 Å². The van der Waals surface area contributed by atoms with Crippen molar-refractivity contribution in [2.24, 2.45) is 0 Å². The molecule has 0 aliphatic heterocycles. The van der Waals surface area contributed by atoms with E-state index < -0.39 is 0 Å². The molecule has 6 rings (SSSR count). The molecule has 0 radical (unpaired) electrons. The van der Waals surface area contributed by atoms with E-state index in [1.807, 2.05) is 0 Å². The van der Waals surface area contributed by atoms with Gasteiger partial charge in [-0.1, -0.05) is 66.2 Å². The van der Waals surface area contributed by atoms with Gasteiger partial charge in [0.15, 0.2) is 0 Å². The van der Waals surface area contributed by atoms with Gasteiger partial charge in [-0.2, -0.15) is 0 Å². The van der Waals surface area contributed by atoms with Gasteiger partial charge < -0.3 is 0 Å². The van der Waals surface area contributed by atoms with Gasteiger partial charge >= 0.3 is 0 Å². The summed E-state index contributed by atoms with van der Waals surface area (Å²) < 4.78 is 2.51. The fourth-order valence-corrected chi connectivity index (χ4v) is 5.60. The normalized spacial score (nSPS) is 12.4. The van der Waals surface area contributed by atoms with Crippen LogP contribution in [0.1, 0.15) is 0 Å². The Morgan fingerprint density at radius 2 is 1.29 bits per heavy atom. The van der Waals surface area contributed by atoms with E-state index in [0.29, 0.717) is 0 Å². The highest BCUT2D eigenvalue weighted by Crippen LogP contribution is 2.51. The standard InChI is InChI=1S/C22H11ClS/c23-17-11-12-5-3-8-15-13-6-1-2-7-14(13)16-9-4-10-18-20(16)21(19(12)15)22(17)24-18/h1-11H. The summed E-state index contributed by atoms with van der Waals surface area (Å²) in [5.41, 5.74) is 5.23. The molecule has 0 saturated heterocycles. The number of hydrogen-bond acceptors (Lipinski definition) is 1. The summed E-state index contributed by atoms with van der Waals surface area (Å²) in [6.45, 7) is 0. The van der Waals surface area contributed by atoms with E-state index in [0.717, 1.165) is 5.02 Å². The number of hydrogen-bond donors (Lipinski definition) is 0. The Morgan fingerprint density at radius 1 is 0.625 bits per heavy atom. The zero-order valence-electron chi connectivity index (χ0n) is 12.6. The average molecular weight is 343 g/mol. The van der Waals surface area contributed by atoms with Crippen molar-refractivity contribution in [2.75, 3.05) is 0 Å². The van der Waals surface area contributed by atoms with Crippen molar-refractivity contribution in [3.05, 3.63) is 71.8 Å². The Morgan fingerprint density at radius 3 is 2.08 bits per heavy atom. The zero-order valence-corrected chi connectivity index (χ0v) is 14.2. The minimum Gasteiger partial charge on any atom is -0.134 e. The monoisotopic (exact) mass is 342 g/mol. The molecule has 0 spiro atoms. The smallest absolute Gasteiger partial charge is 0.0591 e. The van der Waals surface area contributed by atoms with Crippen molar-refractivity contribution in [3.8, 4) is 22.3 Å². The van der Waals surface area contributed by atoms with Crippen molar-refractivity contribution in [1.82, 2.24) is 0 Å². The van der Waals surface area contributed by atoms with E-state index in [4.69, 9.17) is 11.6 Å². The van der Waals surface area contributed by atoms with Gasteiger partial charge in [0, 0.05) is 15.5 Å². The van der Waals surface area contributed by atoms with Crippen LogP contribution in [0.25, 0.3) is 53.2 Å². The second-order valence-electron chi connectivity index (χ2n) is 6.29. The van der Waals surface area contributed by atoms with Crippen LogP contribution in [0.2, 0.25) is 5.02 Å². The van der Waals surface area contributed by atoms with E-state index in [1.165, 1.54) is 53.2 Å². The predicted octanol–water partition coefficient (Wildman–Crippen LogP) is 7.51. The molecular weight excluding hydrogens is 332 g/mol. The Hall–Kier alpha value is -2.35. The first-order valence-corrected chi connectivity index (χ1v) is 9.18. The van der Waals surface area contributed by atoms with Crippen LogP contribution in [0.3, 0.4) is 0 Å². The van der Waals surface area contributed by atoms with Gasteiger partial charge in [0.05, 0.1) is 9.72 Å². The van der Waals surface area contributed by atoms with Gasteiger partial charge in [-0.25, -0.2) is 0 Å². The van der Waals surface area contributed by atoms with Crippen LogP contribution in [-0.2, 0) is 0 Å². The Labute approximate surface area is 147 Å². The van der Waals surface area contributed by atoms with E-state index in [2.05, 4.69) is 66.7 Å². The molecule has 0 amide bonds. The maximum atomic E-state index is 6.65. The van der Waals surface area contributed by atoms with Gasteiger partial charge in [0.2, 0.25) is 0 Å². The SMILES string of the molecule is Clc1cc2cccc3c2c2c1sc1cccc(c12)-c1ccccc1-3. The predicted molar refractivity (Wildman–Crippen MR) is 106 cm³/mol. The molecule has 4 aromatic carbocycles. The second-order valence-corrected chi connectivity index (χ2v) is 7.75. The fourth-order valence-electron chi connectivity index (χ4n) is 4.13. The molecule has 0 fully saturated rings. The first-order chi connectivity index (χ1) is 11.8. The lowest BCUT2D eigenvalue weighted by atomic mass is 9.94. The summed E-state index contributed by atoms with van der Waals surface area (Å²) in [4.78, 5) is 0. The number of halogens is 1. The fraction of sp³-hybridized carbons (Fsp3) is 0. The third kappa shape index (κ3) is 1.45. The van der Waals surface area contributed by atoms with E-state index in [9.17, 15) is 0 Å². The van der Waals surface area contributed by atoms with Gasteiger partial charge in [-0.05, 0) is 45.2 Å². The molecule has 0 nitrogen and oxygen atoms in total. The van der Waals surface area contributed by atoms with Crippen molar-refractivity contribution in [1.29, 1.82) is 0 Å². The third-order valence-corrected chi connectivity index (χ3v) is 6.67. The first kappa shape index (κ1) is 13.0. The summed E-state index contributed by atoms with van der Waals surface area (Å²) in [7, 11) is 0. The molecular formula is C22H11ClS. The summed E-state index contributed by atoms with van der Waals surface area (Å²) in [6, 6.07) is 24.0. The van der Waals surface area contributed by atoms with E-state index in [-0.39, 0.29) is 0 Å². The molecule has 0 unspecified atom stereocenters. The highest BCUT2D eigenvalue weighted by molar-refractivity contribution is 7.26. The van der Waals surface area contributed by atoms with Crippen LogP contribution in [-0.4, -0.2) is 0 Å². The molecule has 2 heteroatoms. The topological polar surface area (TPSA) is 0 Å². The minimum absolute atomic E-state index is 0.854. The van der Waals surface area contributed by atoms with Crippen molar-refractivity contribution in [3.63, 3.8) is 0 Å². The average Bonchev–Trinajstić information content (AvgIpc) is 2.96. The molecule has 0 atom stereocenters. The second kappa shape index (κ2) is 4.38. The summed E-state index contributed by atoms with van der Waals surface area (Å²) >= 11 is 8.46. The minimum atomic E-state index is 0.854. The molecule has 0 bridgehead atoms. The van der Waals surface area contributed by atoms with Crippen molar-refractivity contribution in [2.45, 2.75) is 0 Å². The highest BCUT2D eigenvalue weighted by atomic mass is 35.5. The lowest BCUT2D eigenvalue weighted by molar-refractivity contribution is 1.65. The molecule has 1 aliphatic carbocycles. The lowest BCUT2D eigenvalue weighted by Crippen LogP contribution is -1.84. The maximum absolute atomic E-state index is 6.65. The number of fused-ring (bicyclic) bond motifs is 3. The highest BCUT2D eigenvalue weighted by Gasteiger charge is 2.22. The van der Waals surface area contributed by atoms with E-state index in [1.54, 1.807) is 11.3 Å². The number of rotatable bonds is 0.